The molecule has 0 atom stereocenters. The minimum absolute atomic E-state index is 0.196. The van der Waals surface area contributed by atoms with Crippen LogP contribution in [0.4, 0.5) is 13.2 Å². The molecule has 0 saturated carbocycles. The van der Waals surface area contributed by atoms with Crippen LogP contribution in [0.25, 0.3) is 5.69 Å². The topological polar surface area (TPSA) is 51.0 Å². The van der Waals surface area contributed by atoms with Crippen LogP contribution in [0, 0.1) is 0 Å². The Balaban J connectivity index is 1.74. The zero-order valence-electron chi connectivity index (χ0n) is 15.3. The Morgan fingerprint density at radius 1 is 1.36 bits per heavy atom. The molecule has 0 N–H and O–H groups in total. The van der Waals surface area contributed by atoms with Crippen LogP contribution in [0.1, 0.15) is 23.0 Å². The van der Waals surface area contributed by atoms with Crippen molar-refractivity contribution in [2.45, 2.75) is 19.5 Å². The Kier molecular flexibility index (Phi) is 5.48. The highest BCUT2D eigenvalue weighted by Gasteiger charge is 2.30. The summed E-state index contributed by atoms with van der Waals surface area (Å²) in [5.41, 5.74) is 1.61. The molecular weight excluding hydrogens is 369 g/mol. The maximum Gasteiger partial charge on any atom is 0.415 e. The van der Waals surface area contributed by atoms with Crippen LogP contribution in [0.15, 0.2) is 66.7 Å². The number of alkyl halides is 3. The molecular formula is C20H19F3N4O. The number of amides is 1. The van der Waals surface area contributed by atoms with E-state index >= 15 is 0 Å². The predicted octanol–water partition coefficient (Wildman–Crippen LogP) is 3.89. The molecule has 0 bridgehead atoms. The second-order valence-corrected chi connectivity index (χ2v) is 6.34. The smallest absolute Gasteiger partial charge is 0.334 e. The summed E-state index contributed by atoms with van der Waals surface area (Å²) < 4.78 is 39.4. The number of pyridine rings is 1. The molecule has 146 valence electrons. The maximum atomic E-state index is 12.8. The number of nitrogens with zero attached hydrogens (tertiary/aromatic N) is 4. The lowest BCUT2D eigenvalue weighted by Gasteiger charge is -2.26. The van der Waals surface area contributed by atoms with E-state index in [1.165, 1.54) is 6.08 Å². The van der Waals surface area contributed by atoms with Crippen molar-refractivity contribution in [1.29, 1.82) is 0 Å². The molecule has 28 heavy (non-hydrogen) atoms. The van der Waals surface area contributed by atoms with Gasteiger partial charge in [-0.1, -0.05) is 24.8 Å². The van der Waals surface area contributed by atoms with Crippen LogP contribution in [0.5, 0.6) is 0 Å². The third kappa shape index (κ3) is 4.21. The van der Waals surface area contributed by atoms with Crippen molar-refractivity contribution >= 4 is 5.91 Å². The van der Waals surface area contributed by atoms with E-state index in [1.54, 1.807) is 47.2 Å². The second-order valence-electron chi connectivity index (χ2n) is 6.34. The Bertz CT molecular complexity index is 942. The zero-order chi connectivity index (χ0) is 20.3. The van der Waals surface area contributed by atoms with Crippen molar-refractivity contribution in [3.63, 3.8) is 0 Å². The van der Waals surface area contributed by atoms with Crippen molar-refractivity contribution in [3.05, 3.63) is 77.9 Å². The quantitative estimate of drug-likeness (QED) is 0.731. The number of hydrogen-bond donors (Lipinski definition) is 0. The molecule has 0 radical (unpaired) electrons. The lowest BCUT2D eigenvalue weighted by Crippen LogP contribution is -2.38. The summed E-state index contributed by atoms with van der Waals surface area (Å²) in [5, 5.41) is 4.46. The minimum Gasteiger partial charge on any atom is -0.334 e. The molecule has 0 spiro atoms. The first-order valence-electron chi connectivity index (χ1n) is 8.67. The van der Waals surface area contributed by atoms with Gasteiger partial charge >= 0.3 is 6.18 Å². The normalized spacial score (nSPS) is 15.2. The largest absolute Gasteiger partial charge is 0.415 e. The van der Waals surface area contributed by atoms with Crippen molar-refractivity contribution in [2.24, 2.45) is 0 Å². The molecule has 2 aromatic heterocycles. The molecule has 0 fully saturated rings. The van der Waals surface area contributed by atoms with Crippen LogP contribution in [-0.4, -0.2) is 44.8 Å². The van der Waals surface area contributed by atoms with Gasteiger partial charge in [-0.15, -0.1) is 0 Å². The lowest BCUT2D eigenvalue weighted by atomic mass is 10.1. The summed E-state index contributed by atoms with van der Waals surface area (Å²) in [7, 11) is 0. The number of rotatable bonds is 5. The molecule has 0 aliphatic carbocycles. The molecule has 8 heteroatoms. The van der Waals surface area contributed by atoms with E-state index < -0.39 is 11.7 Å². The van der Waals surface area contributed by atoms with Crippen LogP contribution < -0.4 is 0 Å². The summed E-state index contributed by atoms with van der Waals surface area (Å²) in [6, 6.07) is 3.62. The van der Waals surface area contributed by atoms with E-state index in [-0.39, 0.29) is 12.5 Å². The first-order chi connectivity index (χ1) is 13.3. The summed E-state index contributed by atoms with van der Waals surface area (Å²) in [5.74, 6) is -0.196. The Hall–Kier alpha value is -3.16. The maximum absolute atomic E-state index is 12.8. The number of halogens is 3. The van der Waals surface area contributed by atoms with Gasteiger partial charge in [-0.3, -0.25) is 9.78 Å². The summed E-state index contributed by atoms with van der Waals surface area (Å²) in [6.07, 6.45) is 5.03. The van der Waals surface area contributed by atoms with Crippen LogP contribution in [-0.2, 0) is 6.42 Å². The lowest BCUT2D eigenvalue weighted by molar-refractivity contribution is -0.0878. The van der Waals surface area contributed by atoms with Gasteiger partial charge in [0.1, 0.15) is 0 Å². The number of carbonyl (C=O) groups is 1. The molecule has 3 heterocycles. The van der Waals surface area contributed by atoms with Crippen molar-refractivity contribution in [1.82, 2.24) is 19.7 Å². The van der Waals surface area contributed by atoms with Crippen LogP contribution in [0.2, 0.25) is 0 Å². The summed E-state index contributed by atoms with van der Waals surface area (Å²) in [4.78, 5) is 18.5. The van der Waals surface area contributed by atoms with Crippen molar-refractivity contribution < 1.29 is 18.0 Å². The molecule has 5 nitrogen and oxygen atoms in total. The predicted molar refractivity (Wildman–Crippen MR) is 99.1 cm³/mol. The van der Waals surface area contributed by atoms with Gasteiger partial charge in [0, 0.05) is 37.5 Å². The number of hydrogen-bond acceptors (Lipinski definition) is 3. The molecule has 2 aromatic rings. The fourth-order valence-electron chi connectivity index (χ4n) is 2.82. The van der Waals surface area contributed by atoms with E-state index in [0.717, 1.165) is 11.8 Å². The molecule has 0 saturated heterocycles. The number of carbonyl (C=O) groups excluding carboxylic acids is 1. The average Bonchev–Trinajstić information content (AvgIpc) is 3.11. The van der Waals surface area contributed by atoms with Crippen molar-refractivity contribution in [3.8, 4) is 5.69 Å². The number of allylic oxidation sites excluding steroid dienone is 3. The number of fused-ring (bicyclic) bond motifs is 1. The zero-order valence-corrected chi connectivity index (χ0v) is 15.3. The van der Waals surface area contributed by atoms with Gasteiger partial charge in [-0.05, 0) is 24.6 Å². The van der Waals surface area contributed by atoms with Crippen LogP contribution in [0.3, 0.4) is 0 Å². The fraction of sp³-hybridized carbons (Fsp3) is 0.250. The van der Waals surface area contributed by atoms with E-state index in [2.05, 4.69) is 16.7 Å². The second kappa shape index (κ2) is 7.84. The Labute approximate surface area is 160 Å². The Morgan fingerprint density at radius 3 is 2.79 bits per heavy atom. The third-order valence-corrected chi connectivity index (χ3v) is 4.44. The van der Waals surface area contributed by atoms with Gasteiger partial charge in [0.25, 0.3) is 5.91 Å². The van der Waals surface area contributed by atoms with Gasteiger partial charge in [0.2, 0.25) is 0 Å². The van der Waals surface area contributed by atoms with E-state index in [4.69, 9.17) is 0 Å². The first kappa shape index (κ1) is 19.6. The molecule has 0 unspecified atom stereocenters. The Morgan fingerprint density at radius 2 is 2.14 bits per heavy atom. The first-order valence-corrected chi connectivity index (χ1v) is 8.67. The standard InChI is InChI=1S/C20H19F3N4O/c1-3-15(7-6-14(2)20(21,22)23)12-26-10-8-18-17(19(26)28)13-27(25-18)16-5-4-9-24-11-16/h3-7,9,11,13H,2,8,10,12H2,1H3/b7-6-,15-3+. The minimum atomic E-state index is -4.47. The highest BCUT2D eigenvalue weighted by molar-refractivity contribution is 5.96. The summed E-state index contributed by atoms with van der Waals surface area (Å²) >= 11 is 0. The average molecular weight is 388 g/mol. The van der Waals surface area contributed by atoms with Gasteiger partial charge in [0.05, 0.1) is 23.1 Å². The van der Waals surface area contributed by atoms with Gasteiger partial charge in [-0.25, -0.2) is 4.68 Å². The van der Waals surface area contributed by atoms with Gasteiger partial charge in [-0.2, -0.15) is 18.3 Å². The SMILES string of the molecule is C=C(/C=C\C(=C/C)CN1CCc2nn(-c3cccnc3)cc2C1=O)C(F)(F)F. The molecule has 0 aromatic carbocycles. The molecule has 1 aliphatic rings. The monoisotopic (exact) mass is 388 g/mol. The van der Waals surface area contributed by atoms with Gasteiger partial charge in [0.15, 0.2) is 0 Å². The third-order valence-electron chi connectivity index (χ3n) is 4.44. The van der Waals surface area contributed by atoms with Gasteiger partial charge < -0.3 is 4.90 Å². The van der Waals surface area contributed by atoms with E-state index in [0.29, 0.717) is 29.8 Å². The molecule has 1 aliphatic heterocycles. The van der Waals surface area contributed by atoms with E-state index in [9.17, 15) is 18.0 Å². The highest BCUT2D eigenvalue weighted by atomic mass is 19.4. The van der Waals surface area contributed by atoms with Crippen molar-refractivity contribution in [2.75, 3.05) is 13.1 Å². The van der Waals surface area contributed by atoms with E-state index in [1.807, 2.05) is 6.07 Å². The number of aromatic nitrogens is 3. The molecule has 1 amide bonds. The fourth-order valence-corrected chi connectivity index (χ4v) is 2.82. The molecule has 3 rings (SSSR count). The summed E-state index contributed by atoms with van der Waals surface area (Å²) in [6.45, 7) is 5.40. The highest BCUT2D eigenvalue weighted by Crippen LogP contribution is 2.25. The van der Waals surface area contributed by atoms with Crippen LogP contribution >= 0.6 is 0 Å².